The van der Waals surface area contributed by atoms with Gasteiger partial charge in [0.25, 0.3) is 5.91 Å². The van der Waals surface area contributed by atoms with Crippen molar-refractivity contribution in [2.75, 3.05) is 49.2 Å². The van der Waals surface area contributed by atoms with Gasteiger partial charge in [-0.2, -0.15) is 0 Å². The number of aromatic nitrogens is 1. The van der Waals surface area contributed by atoms with Crippen molar-refractivity contribution in [3.8, 4) is 0 Å². The van der Waals surface area contributed by atoms with Crippen molar-refractivity contribution >= 4 is 17.4 Å². The monoisotopic (exact) mass is 380 g/mol. The number of pyridine rings is 1. The highest BCUT2D eigenvalue weighted by atomic mass is 16.5. The van der Waals surface area contributed by atoms with E-state index < -0.39 is 0 Å². The smallest absolute Gasteiger partial charge is 0.251 e. The normalized spacial score (nSPS) is 17.4. The van der Waals surface area contributed by atoms with E-state index in [0.717, 1.165) is 56.5 Å². The van der Waals surface area contributed by atoms with Crippen LogP contribution in [0.2, 0.25) is 0 Å². The molecule has 2 aromatic rings. The lowest BCUT2D eigenvalue weighted by molar-refractivity contribution is 0.0951. The molecular weight excluding hydrogens is 352 g/mol. The highest BCUT2D eigenvalue weighted by Crippen LogP contribution is 2.18. The molecule has 2 aliphatic rings. The molecule has 2 saturated heterocycles. The Kier molecular flexibility index (Phi) is 6.07. The number of ether oxygens (including phenoxy) is 1. The van der Waals surface area contributed by atoms with E-state index in [2.05, 4.69) is 32.2 Å². The summed E-state index contributed by atoms with van der Waals surface area (Å²) in [7, 11) is 0. The molecule has 0 radical (unpaired) electrons. The molecule has 1 N–H and O–H groups in total. The van der Waals surface area contributed by atoms with Gasteiger partial charge in [-0.25, -0.2) is 4.98 Å². The maximum atomic E-state index is 12.4. The molecular formula is C22H28N4O2. The minimum atomic E-state index is -0.0614. The fraction of sp³-hybridized carbons (Fsp3) is 0.455. The highest BCUT2D eigenvalue weighted by Gasteiger charge is 2.13. The van der Waals surface area contributed by atoms with Gasteiger partial charge < -0.3 is 19.9 Å². The average molecular weight is 380 g/mol. The summed E-state index contributed by atoms with van der Waals surface area (Å²) in [5.74, 6) is 0.974. The van der Waals surface area contributed by atoms with E-state index in [-0.39, 0.29) is 5.91 Å². The predicted octanol–water partition coefficient (Wildman–Crippen LogP) is 2.84. The van der Waals surface area contributed by atoms with Crippen molar-refractivity contribution < 1.29 is 9.53 Å². The van der Waals surface area contributed by atoms with Crippen molar-refractivity contribution in [2.45, 2.75) is 25.8 Å². The lowest BCUT2D eigenvalue weighted by atomic mass is 10.1. The van der Waals surface area contributed by atoms with Crippen LogP contribution >= 0.6 is 0 Å². The number of morpholine rings is 1. The van der Waals surface area contributed by atoms with Crippen molar-refractivity contribution in [3.63, 3.8) is 0 Å². The summed E-state index contributed by atoms with van der Waals surface area (Å²) in [6, 6.07) is 11.9. The fourth-order valence-corrected chi connectivity index (χ4v) is 3.76. The van der Waals surface area contributed by atoms with Crippen LogP contribution in [0.5, 0.6) is 0 Å². The Morgan fingerprint density at radius 1 is 0.929 bits per heavy atom. The van der Waals surface area contributed by atoms with Gasteiger partial charge in [0.2, 0.25) is 0 Å². The van der Waals surface area contributed by atoms with Crippen LogP contribution in [0.15, 0.2) is 42.6 Å². The number of anilines is 2. The van der Waals surface area contributed by atoms with Crippen LogP contribution < -0.4 is 15.1 Å². The van der Waals surface area contributed by atoms with Crippen molar-refractivity contribution in [1.29, 1.82) is 0 Å². The van der Waals surface area contributed by atoms with Crippen LogP contribution in [0.3, 0.4) is 0 Å². The van der Waals surface area contributed by atoms with Gasteiger partial charge in [0, 0.05) is 50.2 Å². The van der Waals surface area contributed by atoms with E-state index in [4.69, 9.17) is 4.74 Å². The predicted molar refractivity (Wildman–Crippen MR) is 111 cm³/mol. The number of carbonyl (C=O) groups is 1. The quantitative estimate of drug-likeness (QED) is 0.864. The molecule has 4 rings (SSSR count). The zero-order valence-electron chi connectivity index (χ0n) is 16.3. The molecule has 0 bridgehead atoms. The number of nitrogens with one attached hydrogen (secondary N) is 1. The highest BCUT2D eigenvalue weighted by molar-refractivity contribution is 5.94. The lowest BCUT2D eigenvalue weighted by Gasteiger charge is -2.28. The molecule has 1 aromatic carbocycles. The first kappa shape index (κ1) is 18.7. The standard InChI is InChI=1S/C22H28N4O2/c27-22(19-5-7-20(8-6-19)25-12-14-28-15-13-25)24-17-18-4-9-21(23-16-18)26-10-2-1-3-11-26/h4-9,16H,1-3,10-15,17H2,(H,24,27). The Morgan fingerprint density at radius 3 is 2.36 bits per heavy atom. The molecule has 0 spiro atoms. The fourth-order valence-electron chi connectivity index (χ4n) is 3.76. The van der Waals surface area contributed by atoms with Crippen LogP contribution in [-0.4, -0.2) is 50.3 Å². The number of hydrogen-bond donors (Lipinski definition) is 1. The topological polar surface area (TPSA) is 57.7 Å². The van der Waals surface area contributed by atoms with Gasteiger partial charge in [-0.15, -0.1) is 0 Å². The number of nitrogens with zero attached hydrogens (tertiary/aromatic N) is 3. The largest absolute Gasteiger partial charge is 0.378 e. The number of amides is 1. The molecule has 2 fully saturated rings. The maximum Gasteiger partial charge on any atom is 0.251 e. The second kappa shape index (κ2) is 9.06. The van der Waals surface area contributed by atoms with Gasteiger partial charge in [-0.3, -0.25) is 4.79 Å². The van der Waals surface area contributed by atoms with E-state index in [9.17, 15) is 4.79 Å². The maximum absolute atomic E-state index is 12.4. The van der Waals surface area contributed by atoms with Crippen molar-refractivity contribution in [3.05, 3.63) is 53.7 Å². The zero-order chi connectivity index (χ0) is 19.2. The summed E-state index contributed by atoms with van der Waals surface area (Å²) in [6.07, 6.45) is 5.66. The number of carbonyl (C=O) groups excluding carboxylic acids is 1. The average Bonchev–Trinajstić information content (AvgIpc) is 2.79. The Balaban J connectivity index is 1.30. The summed E-state index contributed by atoms with van der Waals surface area (Å²) in [6.45, 7) is 5.96. The first-order valence-corrected chi connectivity index (χ1v) is 10.2. The molecule has 148 valence electrons. The van der Waals surface area contributed by atoms with Crippen LogP contribution in [0.1, 0.15) is 35.2 Å². The second-order valence-corrected chi connectivity index (χ2v) is 7.40. The Bertz CT molecular complexity index is 764. The van der Waals surface area contributed by atoms with Gasteiger partial charge in [-0.1, -0.05) is 6.07 Å². The van der Waals surface area contributed by atoms with Crippen LogP contribution in [-0.2, 0) is 11.3 Å². The number of hydrogen-bond acceptors (Lipinski definition) is 5. The summed E-state index contributed by atoms with van der Waals surface area (Å²) < 4.78 is 5.39. The SMILES string of the molecule is O=C(NCc1ccc(N2CCCCC2)nc1)c1ccc(N2CCOCC2)cc1. The third-order valence-electron chi connectivity index (χ3n) is 5.45. The van der Waals surface area contributed by atoms with E-state index in [1.807, 2.05) is 30.5 Å². The molecule has 6 heteroatoms. The van der Waals surface area contributed by atoms with Crippen LogP contribution in [0.25, 0.3) is 0 Å². The molecule has 2 aliphatic heterocycles. The van der Waals surface area contributed by atoms with Crippen LogP contribution in [0.4, 0.5) is 11.5 Å². The summed E-state index contributed by atoms with van der Waals surface area (Å²) in [5, 5.41) is 2.99. The molecule has 0 unspecified atom stereocenters. The van der Waals surface area contributed by atoms with E-state index in [1.54, 1.807) is 0 Å². The Morgan fingerprint density at radius 2 is 1.68 bits per heavy atom. The first-order valence-electron chi connectivity index (χ1n) is 10.2. The van der Waals surface area contributed by atoms with E-state index in [0.29, 0.717) is 12.1 Å². The Labute approximate surface area is 166 Å². The minimum absolute atomic E-state index is 0.0614. The third-order valence-corrected chi connectivity index (χ3v) is 5.45. The molecule has 1 amide bonds. The van der Waals surface area contributed by atoms with Gasteiger partial charge in [0.05, 0.1) is 13.2 Å². The zero-order valence-corrected chi connectivity index (χ0v) is 16.3. The summed E-state index contributed by atoms with van der Waals surface area (Å²) in [5.41, 5.74) is 2.83. The minimum Gasteiger partial charge on any atom is -0.378 e. The van der Waals surface area contributed by atoms with Gasteiger partial charge in [-0.05, 0) is 55.2 Å². The van der Waals surface area contributed by atoms with Gasteiger partial charge in [0.1, 0.15) is 5.82 Å². The van der Waals surface area contributed by atoms with Gasteiger partial charge >= 0.3 is 0 Å². The summed E-state index contributed by atoms with van der Waals surface area (Å²) in [4.78, 5) is 21.6. The van der Waals surface area contributed by atoms with E-state index in [1.165, 1.54) is 19.3 Å². The van der Waals surface area contributed by atoms with Crippen molar-refractivity contribution in [1.82, 2.24) is 10.3 Å². The first-order chi connectivity index (χ1) is 13.8. The lowest BCUT2D eigenvalue weighted by Crippen LogP contribution is -2.36. The number of piperidine rings is 1. The third kappa shape index (κ3) is 4.62. The van der Waals surface area contributed by atoms with Crippen LogP contribution in [0, 0.1) is 0 Å². The van der Waals surface area contributed by atoms with E-state index >= 15 is 0 Å². The van der Waals surface area contributed by atoms with Crippen molar-refractivity contribution in [2.24, 2.45) is 0 Å². The molecule has 0 atom stereocenters. The Hall–Kier alpha value is -2.60. The molecule has 1 aromatic heterocycles. The molecule has 0 saturated carbocycles. The summed E-state index contributed by atoms with van der Waals surface area (Å²) >= 11 is 0. The molecule has 6 nitrogen and oxygen atoms in total. The molecule has 28 heavy (non-hydrogen) atoms. The number of benzene rings is 1. The molecule has 0 aliphatic carbocycles. The molecule has 3 heterocycles. The number of rotatable bonds is 5. The van der Waals surface area contributed by atoms with Gasteiger partial charge in [0.15, 0.2) is 0 Å². The second-order valence-electron chi connectivity index (χ2n) is 7.40.